The van der Waals surface area contributed by atoms with Crippen LogP contribution in [0.1, 0.15) is 30.1 Å². The van der Waals surface area contributed by atoms with Gasteiger partial charge in [-0.05, 0) is 36.6 Å². The number of nitrogens with one attached hydrogen (secondary N) is 3. The number of carbonyl (C=O) groups is 2. The Morgan fingerprint density at radius 1 is 1.25 bits per heavy atom. The van der Waals surface area contributed by atoms with E-state index in [-0.39, 0.29) is 11.5 Å². The maximum absolute atomic E-state index is 11.7. The van der Waals surface area contributed by atoms with E-state index in [2.05, 4.69) is 30.9 Å². The fourth-order valence-corrected chi connectivity index (χ4v) is 2.64. The average Bonchev–Trinajstić information content (AvgIpc) is 2.67. The molecule has 1 aliphatic heterocycles. The van der Waals surface area contributed by atoms with Crippen LogP contribution in [0.2, 0.25) is 0 Å². The Bertz CT molecular complexity index is 953. The van der Waals surface area contributed by atoms with E-state index in [4.69, 9.17) is 5.73 Å². The van der Waals surface area contributed by atoms with Crippen molar-refractivity contribution in [1.82, 2.24) is 9.97 Å². The molecule has 1 aliphatic rings. The molecule has 0 saturated carbocycles. The van der Waals surface area contributed by atoms with Crippen molar-refractivity contribution in [1.29, 1.82) is 0 Å². The Kier molecular flexibility index (Phi) is 5.95. The van der Waals surface area contributed by atoms with Crippen LogP contribution in [0.3, 0.4) is 0 Å². The smallest absolute Gasteiger partial charge is 0.254 e. The number of rotatable bonds is 7. The molecule has 0 bridgehead atoms. The summed E-state index contributed by atoms with van der Waals surface area (Å²) in [7, 11) is 0. The zero-order chi connectivity index (χ0) is 19.9. The Morgan fingerprint density at radius 2 is 2.07 bits per heavy atom. The van der Waals surface area contributed by atoms with E-state index < -0.39 is 5.91 Å². The molecule has 2 heterocycles. The Morgan fingerprint density at radius 3 is 2.79 bits per heavy atom. The lowest BCUT2D eigenvalue weighted by atomic mass is 10.1. The van der Waals surface area contributed by atoms with E-state index in [0.717, 1.165) is 18.4 Å². The number of anilines is 4. The summed E-state index contributed by atoms with van der Waals surface area (Å²) in [4.78, 5) is 35.6. The molecule has 0 atom stereocenters. The summed E-state index contributed by atoms with van der Waals surface area (Å²) in [6.45, 7) is 1.95. The van der Waals surface area contributed by atoms with Crippen LogP contribution in [-0.4, -0.2) is 34.5 Å². The van der Waals surface area contributed by atoms with Gasteiger partial charge in [0.15, 0.2) is 0 Å². The zero-order valence-corrected chi connectivity index (χ0v) is 15.4. The van der Waals surface area contributed by atoms with Crippen LogP contribution in [-0.2, 0) is 4.79 Å². The molecule has 0 saturated heterocycles. The van der Waals surface area contributed by atoms with E-state index in [0.29, 0.717) is 29.7 Å². The lowest BCUT2D eigenvalue weighted by molar-refractivity contribution is -0.114. The summed E-state index contributed by atoms with van der Waals surface area (Å²) in [5, 5.41) is 8.91. The van der Waals surface area contributed by atoms with Crippen molar-refractivity contribution in [3.8, 4) is 0 Å². The number of carbonyl (C=O) groups excluding carboxylic acids is 2. The van der Waals surface area contributed by atoms with E-state index in [9.17, 15) is 9.59 Å². The highest BCUT2D eigenvalue weighted by Crippen LogP contribution is 2.21. The molecule has 0 spiro atoms. The molecule has 0 aliphatic carbocycles. The number of hydrogen-bond acceptors (Lipinski definition) is 7. The summed E-state index contributed by atoms with van der Waals surface area (Å²) in [6.07, 6.45) is 6.82. The molecule has 144 valence electrons. The second kappa shape index (κ2) is 8.76. The molecule has 9 nitrogen and oxygen atoms in total. The predicted molar refractivity (Wildman–Crippen MR) is 109 cm³/mol. The molecular weight excluding hydrogens is 358 g/mol. The van der Waals surface area contributed by atoms with Gasteiger partial charge in [-0.1, -0.05) is 6.07 Å². The minimum Gasteiger partial charge on any atom is -0.365 e. The number of aromatic nitrogens is 2. The molecule has 3 rings (SSSR count). The molecular formula is C19H21N7O2. The van der Waals surface area contributed by atoms with Gasteiger partial charge in [-0.25, -0.2) is 4.98 Å². The summed E-state index contributed by atoms with van der Waals surface area (Å²) in [6, 6.07) is 7.14. The van der Waals surface area contributed by atoms with Crippen molar-refractivity contribution >= 4 is 41.2 Å². The number of primary amides is 1. The third kappa shape index (κ3) is 5.13. The largest absolute Gasteiger partial charge is 0.365 e. The van der Waals surface area contributed by atoms with Crippen molar-refractivity contribution in [3.05, 3.63) is 47.8 Å². The van der Waals surface area contributed by atoms with Gasteiger partial charge in [0.2, 0.25) is 11.9 Å². The number of aliphatic imine (C=N–C) groups is 1. The monoisotopic (exact) mass is 379 g/mol. The first kappa shape index (κ1) is 19.0. The highest BCUT2D eigenvalue weighted by Gasteiger charge is 2.13. The van der Waals surface area contributed by atoms with Crippen molar-refractivity contribution in [3.63, 3.8) is 0 Å². The van der Waals surface area contributed by atoms with Gasteiger partial charge in [-0.2, -0.15) is 4.98 Å². The number of nitrogens with zero attached hydrogens (tertiary/aromatic N) is 3. The van der Waals surface area contributed by atoms with Gasteiger partial charge in [0, 0.05) is 43.5 Å². The normalized spacial score (nSPS) is 12.8. The molecule has 0 radical (unpaired) electrons. The van der Waals surface area contributed by atoms with E-state index in [1.807, 2.05) is 12.3 Å². The number of nitrogens with two attached hydrogens (primary N) is 1. The quantitative estimate of drug-likeness (QED) is 0.584. The van der Waals surface area contributed by atoms with Crippen molar-refractivity contribution < 1.29 is 9.59 Å². The van der Waals surface area contributed by atoms with Gasteiger partial charge >= 0.3 is 0 Å². The number of hydrogen-bond donors (Lipinski definition) is 4. The standard InChI is InChI=1S/C19H21N7O2/c1-12(27)24-14-5-2-6-15(8-14)25-19-23-11-16(17(20)28)18(26-19)22-10-13-4-3-7-21-9-13/h2,5-9,11H,3-4,10H2,1H3,(H2,20,28)(H,24,27)(H2,22,23,25,26). The SMILES string of the molecule is CC(=O)Nc1cccc(Nc2ncc(C(N)=O)c(NCC3=CN=CCC3)n2)c1. The first-order valence-electron chi connectivity index (χ1n) is 8.76. The minimum atomic E-state index is -0.614. The van der Waals surface area contributed by atoms with E-state index in [1.54, 1.807) is 24.4 Å². The fraction of sp³-hybridized carbons (Fsp3) is 0.211. The molecule has 5 N–H and O–H groups in total. The van der Waals surface area contributed by atoms with Crippen LogP contribution < -0.4 is 21.7 Å². The topological polar surface area (TPSA) is 134 Å². The zero-order valence-electron chi connectivity index (χ0n) is 15.4. The van der Waals surface area contributed by atoms with Gasteiger partial charge in [0.1, 0.15) is 5.82 Å². The van der Waals surface area contributed by atoms with Gasteiger partial charge in [0.05, 0.1) is 5.56 Å². The second-order valence-electron chi connectivity index (χ2n) is 6.22. The Hall–Kier alpha value is -3.75. The molecule has 2 aromatic rings. The predicted octanol–water partition coefficient (Wildman–Crippen LogP) is 2.44. The summed E-state index contributed by atoms with van der Waals surface area (Å²) in [5.74, 6) is -0.133. The molecule has 2 amide bonds. The first-order valence-corrected chi connectivity index (χ1v) is 8.76. The second-order valence-corrected chi connectivity index (χ2v) is 6.22. The minimum absolute atomic E-state index is 0.160. The maximum Gasteiger partial charge on any atom is 0.254 e. The first-order chi connectivity index (χ1) is 13.5. The van der Waals surface area contributed by atoms with Crippen molar-refractivity contribution in [2.45, 2.75) is 19.8 Å². The molecule has 0 unspecified atom stereocenters. The molecule has 1 aromatic heterocycles. The number of amides is 2. The van der Waals surface area contributed by atoms with Crippen LogP contribution in [0.5, 0.6) is 0 Å². The molecule has 28 heavy (non-hydrogen) atoms. The summed E-state index contributed by atoms with van der Waals surface area (Å²) < 4.78 is 0. The average molecular weight is 379 g/mol. The van der Waals surface area contributed by atoms with Crippen molar-refractivity contribution in [2.75, 3.05) is 22.5 Å². The van der Waals surface area contributed by atoms with Gasteiger partial charge in [0.25, 0.3) is 5.91 Å². The highest BCUT2D eigenvalue weighted by molar-refractivity contribution is 5.97. The van der Waals surface area contributed by atoms with Gasteiger partial charge in [-0.3, -0.25) is 14.6 Å². The molecule has 9 heteroatoms. The Balaban J connectivity index is 1.78. The van der Waals surface area contributed by atoms with E-state index >= 15 is 0 Å². The third-order valence-corrected chi connectivity index (χ3v) is 3.93. The van der Waals surface area contributed by atoms with Crippen LogP contribution in [0.25, 0.3) is 0 Å². The van der Waals surface area contributed by atoms with E-state index in [1.165, 1.54) is 13.1 Å². The summed E-state index contributed by atoms with van der Waals surface area (Å²) >= 11 is 0. The van der Waals surface area contributed by atoms with Crippen molar-refractivity contribution in [2.24, 2.45) is 10.7 Å². The summed E-state index contributed by atoms with van der Waals surface area (Å²) in [5.41, 5.74) is 8.08. The fourth-order valence-electron chi connectivity index (χ4n) is 2.64. The van der Waals surface area contributed by atoms with Gasteiger partial charge < -0.3 is 21.7 Å². The highest BCUT2D eigenvalue weighted by atomic mass is 16.1. The van der Waals surface area contributed by atoms with Crippen LogP contribution in [0.4, 0.5) is 23.1 Å². The van der Waals surface area contributed by atoms with Gasteiger partial charge in [-0.15, -0.1) is 0 Å². The molecule has 1 aromatic carbocycles. The van der Waals surface area contributed by atoms with Crippen LogP contribution >= 0.6 is 0 Å². The molecule has 0 fully saturated rings. The third-order valence-electron chi connectivity index (χ3n) is 3.93. The lowest BCUT2D eigenvalue weighted by Crippen LogP contribution is -2.18. The lowest BCUT2D eigenvalue weighted by Gasteiger charge is -2.14. The van der Waals surface area contributed by atoms with Crippen LogP contribution in [0.15, 0.2) is 47.2 Å². The van der Waals surface area contributed by atoms with Crippen LogP contribution in [0, 0.1) is 0 Å². The number of benzene rings is 1. The Labute approximate surface area is 162 Å². The maximum atomic E-state index is 11.7.